The van der Waals surface area contributed by atoms with Gasteiger partial charge in [0.25, 0.3) is 0 Å². The lowest BCUT2D eigenvalue weighted by Crippen LogP contribution is -2.48. The smallest absolute Gasteiger partial charge is 0.0607 e. The van der Waals surface area contributed by atoms with E-state index in [1.165, 1.54) is 19.4 Å². The van der Waals surface area contributed by atoms with Gasteiger partial charge in [0.1, 0.15) is 0 Å². The van der Waals surface area contributed by atoms with Crippen molar-refractivity contribution in [2.24, 2.45) is 5.92 Å². The van der Waals surface area contributed by atoms with Gasteiger partial charge in [-0.1, -0.05) is 0 Å². The molecule has 0 radical (unpaired) electrons. The Bertz CT molecular complexity index is 174. The number of aliphatic hydroxyl groups excluding tert-OH is 2. The molecule has 0 aromatic rings. The molecule has 0 bridgehead atoms. The number of rotatable bonds is 5. The van der Waals surface area contributed by atoms with Crippen molar-refractivity contribution in [3.05, 3.63) is 0 Å². The lowest BCUT2D eigenvalue weighted by molar-refractivity contribution is 0.131. The lowest BCUT2D eigenvalue weighted by atomic mass is 9.91. The van der Waals surface area contributed by atoms with Crippen LogP contribution < -0.4 is 5.32 Å². The molecule has 2 atom stereocenters. The highest BCUT2D eigenvalue weighted by Crippen LogP contribution is 2.18. The maximum Gasteiger partial charge on any atom is 0.0607 e. The van der Waals surface area contributed by atoms with Crippen molar-refractivity contribution in [2.45, 2.75) is 31.8 Å². The van der Waals surface area contributed by atoms with E-state index in [1.807, 2.05) is 0 Å². The lowest BCUT2D eigenvalue weighted by Gasteiger charge is -2.35. The van der Waals surface area contributed by atoms with Gasteiger partial charge in [-0.25, -0.2) is 0 Å². The molecule has 90 valence electrons. The summed E-state index contributed by atoms with van der Waals surface area (Å²) in [4.78, 5) is 2.35. The maximum atomic E-state index is 8.99. The van der Waals surface area contributed by atoms with Gasteiger partial charge in [0, 0.05) is 12.6 Å². The molecule has 0 amide bonds. The van der Waals surface area contributed by atoms with Gasteiger partial charge >= 0.3 is 0 Å². The van der Waals surface area contributed by atoms with Crippen LogP contribution in [0.3, 0.4) is 0 Å². The second kappa shape index (κ2) is 6.43. The van der Waals surface area contributed by atoms with E-state index < -0.39 is 0 Å². The molecule has 15 heavy (non-hydrogen) atoms. The van der Waals surface area contributed by atoms with Crippen LogP contribution in [0.15, 0.2) is 0 Å². The van der Waals surface area contributed by atoms with Gasteiger partial charge < -0.3 is 20.4 Å². The summed E-state index contributed by atoms with van der Waals surface area (Å²) in [7, 11) is 2.15. The number of hydrogen-bond acceptors (Lipinski definition) is 4. The second-order valence-electron chi connectivity index (χ2n) is 4.68. The van der Waals surface area contributed by atoms with Crippen molar-refractivity contribution in [3.63, 3.8) is 0 Å². The van der Waals surface area contributed by atoms with Crippen LogP contribution in [0, 0.1) is 5.92 Å². The molecule has 1 saturated heterocycles. The van der Waals surface area contributed by atoms with E-state index in [0.717, 1.165) is 6.54 Å². The fourth-order valence-electron chi connectivity index (χ4n) is 2.29. The van der Waals surface area contributed by atoms with Gasteiger partial charge in [0.2, 0.25) is 0 Å². The number of nitrogens with one attached hydrogen (secondary N) is 1. The summed E-state index contributed by atoms with van der Waals surface area (Å²) in [5, 5.41) is 21.3. The quantitative estimate of drug-likeness (QED) is 0.588. The van der Waals surface area contributed by atoms with Crippen LogP contribution >= 0.6 is 0 Å². The number of piperidine rings is 1. The van der Waals surface area contributed by atoms with E-state index >= 15 is 0 Å². The SMILES string of the molecule is CC(NC(CO)CO)C1CCCN(C)C1. The molecular weight excluding hydrogens is 192 g/mol. The topological polar surface area (TPSA) is 55.7 Å². The van der Waals surface area contributed by atoms with Crippen LogP contribution in [0.5, 0.6) is 0 Å². The Hall–Kier alpha value is -0.160. The highest BCUT2D eigenvalue weighted by molar-refractivity contribution is 4.81. The number of nitrogens with zero attached hydrogens (tertiary/aromatic N) is 1. The molecule has 2 unspecified atom stereocenters. The number of aliphatic hydroxyl groups is 2. The Morgan fingerprint density at radius 2 is 2.07 bits per heavy atom. The summed E-state index contributed by atoms with van der Waals surface area (Å²) < 4.78 is 0. The molecule has 0 spiro atoms. The zero-order valence-corrected chi connectivity index (χ0v) is 9.82. The Balaban J connectivity index is 2.34. The minimum atomic E-state index is -0.174. The van der Waals surface area contributed by atoms with Gasteiger partial charge in [-0.3, -0.25) is 0 Å². The standard InChI is InChI=1S/C11H24N2O2/c1-9(12-11(7-14)8-15)10-4-3-5-13(2)6-10/h9-12,14-15H,3-8H2,1-2H3. The van der Waals surface area contributed by atoms with Crippen LogP contribution in [0.25, 0.3) is 0 Å². The van der Waals surface area contributed by atoms with Crippen molar-refractivity contribution in [3.8, 4) is 0 Å². The second-order valence-corrected chi connectivity index (χ2v) is 4.68. The van der Waals surface area contributed by atoms with Crippen molar-refractivity contribution in [1.29, 1.82) is 0 Å². The first-order valence-electron chi connectivity index (χ1n) is 5.83. The average molecular weight is 216 g/mol. The van der Waals surface area contributed by atoms with Crippen molar-refractivity contribution in [1.82, 2.24) is 10.2 Å². The zero-order chi connectivity index (χ0) is 11.3. The summed E-state index contributed by atoms with van der Waals surface area (Å²) in [6.07, 6.45) is 2.48. The fraction of sp³-hybridized carbons (Fsp3) is 1.00. The fourth-order valence-corrected chi connectivity index (χ4v) is 2.29. The van der Waals surface area contributed by atoms with Gasteiger partial charge in [-0.05, 0) is 39.3 Å². The molecule has 3 N–H and O–H groups in total. The third-order valence-electron chi connectivity index (χ3n) is 3.31. The first-order chi connectivity index (χ1) is 7.17. The predicted molar refractivity (Wildman–Crippen MR) is 60.8 cm³/mol. The van der Waals surface area contributed by atoms with E-state index in [2.05, 4.69) is 24.2 Å². The molecule has 0 aromatic carbocycles. The first kappa shape index (κ1) is 12.9. The van der Waals surface area contributed by atoms with E-state index in [0.29, 0.717) is 12.0 Å². The Morgan fingerprint density at radius 1 is 1.40 bits per heavy atom. The average Bonchev–Trinajstić information content (AvgIpc) is 2.25. The largest absolute Gasteiger partial charge is 0.395 e. The molecule has 1 aliphatic rings. The van der Waals surface area contributed by atoms with Crippen LogP contribution in [-0.4, -0.2) is 60.5 Å². The van der Waals surface area contributed by atoms with Crippen molar-refractivity contribution >= 4 is 0 Å². The van der Waals surface area contributed by atoms with Crippen LogP contribution in [0.2, 0.25) is 0 Å². The highest BCUT2D eigenvalue weighted by Gasteiger charge is 2.24. The summed E-state index contributed by atoms with van der Waals surface area (Å²) in [5.74, 6) is 0.629. The Morgan fingerprint density at radius 3 is 2.60 bits per heavy atom. The van der Waals surface area contributed by atoms with E-state index in [9.17, 15) is 0 Å². The van der Waals surface area contributed by atoms with Crippen LogP contribution in [0.1, 0.15) is 19.8 Å². The Kier molecular flexibility index (Phi) is 5.53. The summed E-state index contributed by atoms with van der Waals surface area (Å²) in [6, 6.07) is 0.185. The monoisotopic (exact) mass is 216 g/mol. The van der Waals surface area contributed by atoms with Crippen LogP contribution in [-0.2, 0) is 0 Å². The Labute approximate surface area is 92.3 Å². The van der Waals surface area contributed by atoms with Gasteiger partial charge in [-0.2, -0.15) is 0 Å². The predicted octanol–water partition coefficient (Wildman–Crippen LogP) is -0.340. The number of hydrogen-bond donors (Lipinski definition) is 3. The third-order valence-corrected chi connectivity index (χ3v) is 3.31. The van der Waals surface area contributed by atoms with E-state index in [1.54, 1.807) is 0 Å². The molecule has 0 aromatic heterocycles. The highest BCUT2D eigenvalue weighted by atomic mass is 16.3. The molecule has 1 heterocycles. The zero-order valence-electron chi connectivity index (χ0n) is 9.82. The molecule has 0 aliphatic carbocycles. The molecule has 1 fully saturated rings. The van der Waals surface area contributed by atoms with Crippen molar-refractivity contribution in [2.75, 3.05) is 33.4 Å². The van der Waals surface area contributed by atoms with E-state index in [-0.39, 0.29) is 19.3 Å². The summed E-state index contributed by atoms with van der Waals surface area (Å²) in [6.45, 7) is 4.44. The van der Waals surface area contributed by atoms with Gasteiger partial charge in [-0.15, -0.1) is 0 Å². The minimum Gasteiger partial charge on any atom is -0.395 e. The normalized spacial score (nSPS) is 25.8. The number of likely N-dealkylation sites (tertiary alicyclic amines) is 1. The molecule has 1 rings (SSSR count). The summed E-state index contributed by atoms with van der Waals surface area (Å²) in [5.41, 5.74) is 0. The molecular formula is C11H24N2O2. The maximum absolute atomic E-state index is 8.99. The third kappa shape index (κ3) is 4.07. The molecule has 4 heteroatoms. The van der Waals surface area contributed by atoms with Gasteiger partial charge in [0.15, 0.2) is 0 Å². The van der Waals surface area contributed by atoms with E-state index in [4.69, 9.17) is 10.2 Å². The van der Waals surface area contributed by atoms with Gasteiger partial charge in [0.05, 0.1) is 19.3 Å². The minimum absolute atomic E-state index is 0.00337. The molecule has 1 aliphatic heterocycles. The van der Waals surface area contributed by atoms with Crippen molar-refractivity contribution < 1.29 is 10.2 Å². The van der Waals surface area contributed by atoms with Crippen LogP contribution in [0.4, 0.5) is 0 Å². The molecule has 4 nitrogen and oxygen atoms in total. The summed E-state index contributed by atoms with van der Waals surface area (Å²) >= 11 is 0. The molecule has 0 saturated carbocycles. The first-order valence-corrected chi connectivity index (χ1v) is 5.83.